The Balaban J connectivity index is 1.76. The normalized spacial score (nSPS) is 18.0. The number of aryl methyl sites for hydroxylation is 1. The molecule has 0 bridgehead atoms. The van der Waals surface area contributed by atoms with E-state index in [-0.39, 0.29) is 30.6 Å². The van der Waals surface area contributed by atoms with Gasteiger partial charge in [0.05, 0.1) is 11.5 Å². The first-order chi connectivity index (χ1) is 13.2. The van der Waals surface area contributed by atoms with Gasteiger partial charge in [-0.15, -0.1) is 0 Å². The van der Waals surface area contributed by atoms with Crippen LogP contribution in [0.2, 0.25) is 5.02 Å². The molecule has 5 nitrogen and oxygen atoms in total. The molecule has 28 heavy (non-hydrogen) atoms. The van der Waals surface area contributed by atoms with Gasteiger partial charge < -0.3 is 9.64 Å². The number of rotatable bonds is 6. The highest BCUT2D eigenvalue weighted by Gasteiger charge is 2.34. The van der Waals surface area contributed by atoms with E-state index in [1.165, 1.54) is 17.0 Å². The maximum atomic E-state index is 13.5. The average molecular weight is 426 g/mol. The summed E-state index contributed by atoms with van der Waals surface area (Å²) < 4.78 is 42.9. The molecule has 1 aliphatic heterocycles. The standard InChI is InChI=1S/C20H21ClFNO4S/c1-14-9-16(21)5-6-19(14)27-12-20(24)23(18-7-8-28(25,26)13-18)11-15-3-2-4-17(22)10-15/h2-6,9-10,18H,7-8,11-13H2,1H3/t18-/m1/s1. The Kier molecular flexibility index (Phi) is 6.25. The highest BCUT2D eigenvalue weighted by Crippen LogP contribution is 2.23. The molecule has 150 valence electrons. The maximum Gasteiger partial charge on any atom is 0.261 e. The number of amides is 1. The molecule has 3 rings (SSSR count). The molecule has 0 saturated carbocycles. The second kappa shape index (κ2) is 8.49. The quantitative estimate of drug-likeness (QED) is 0.711. The molecule has 0 radical (unpaired) electrons. The molecule has 0 spiro atoms. The zero-order valence-electron chi connectivity index (χ0n) is 15.4. The fourth-order valence-electron chi connectivity index (χ4n) is 3.27. The largest absolute Gasteiger partial charge is 0.483 e. The van der Waals surface area contributed by atoms with Crippen LogP contribution >= 0.6 is 11.6 Å². The van der Waals surface area contributed by atoms with Crippen molar-refractivity contribution in [2.45, 2.75) is 25.9 Å². The van der Waals surface area contributed by atoms with Gasteiger partial charge in [-0.1, -0.05) is 23.7 Å². The maximum absolute atomic E-state index is 13.5. The van der Waals surface area contributed by atoms with E-state index in [1.54, 1.807) is 30.3 Å². The molecule has 0 aliphatic carbocycles. The summed E-state index contributed by atoms with van der Waals surface area (Å²) in [6.45, 7) is 1.70. The molecule has 1 heterocycles. The smallest absolute Gasteiger partial charge is 0.261 e. The van der Waals surface area contributed by atoms with Gasteiger partial charge in [0, 0.05) is 17.6 Å². The van der Waals surface area contributed by atoms with Crippen LogP contribution in [0.5, 0.6) is 5.75 Å². The number of nitrogens with zero attached hydrogens (tertiary/aromatic N) is 1. The van der Waals surface area contributed by atoms with Crippen molar-refractivity contribution >= 4 is 27.3 Å². The predicted molar refractivity (Wildman–Crippen MR) is 106 cm³/mol. The van der Waals surface area contributed by atoms with Crippen LogP contribution < -0.4 is 4.74 Å². The zero-order valence-corrected chi connectivity index (χ0v) is 17.0. The molecular weight excluding hydrogens is 405 g/mol. The van der Waals surface area contributed by atoms with E-state index in [9.17, 15) is 17.6 Å². The molecular formula is C20H21ClFNO4S. The number of carbonyl (C=O) groups excluding carboxylic acids is 1. The molecule has 8 heteroatoms. The summed E-state index contributed by atoms with van der Waals surface area (Å²) in [4.78, 5) is 14.3. The number of halogens is 2. The zero-order chi connectivity index (χ0) is 20.3. The highest BCUT2D eigenvalue weighted by molar-refractivity contribution is 7.91. The Morgan fingerprint density at radius 3 is 2.71 bits per heavy atom. The Morgan fingerprint density at radius 1 is 1.29 bits per heavy atom. The monoisotopic (exact) mass is 425 g/mol. The summed E-state index contributed by atoms with van der Waals surface area (Å²) in [7, 11) is -3.18. The number of benzene rings is 2. The van der Waals surface area contributed by atoms with Crippen LogP contribution in [0.4, 0.5) is 4.39 Å². The van der Waals surface area contributed by atoms with E-state index in [0.717, 1.165) is 5.56 Å². The van der Waals surface area contributed by atoms with E-state index in [0.29, 0.717) is 22.8 Å². The van der Waals surface area contributed by atoms with Crippen molar-refractivity contribution in [3.63, 3.8) is 0 Å². The lowest BCUT2D eigenvalue weighted by molar-refractivity contribution is -0.136. The SMILES string of the molecule is Cc1cc(Cl)ccc1OCC(=O)N(Cc1cccc(F)c1)[C@@H]1CCS(=O)(=O)C1. The van der Waals surface area contributed by atoms with Crippen molar-refractivity contribution < 1.29 is 22.3 Å². The molecule has 0 aromatic heterocycles. The fraction of sp³-hybridized carbons (Fsp3) is 0.350. The van der Waals surface area contributed by atoms with Crippen molar-refractivity contribution in [3.05, 3.63) is 64.4 Å². The summed E-state index contributed by atoms with van der Waals surface area (Å²) >= 11 is 5.93. The van der Waals surface area contributed by atoms with Gasteiger partial charge in [0.2, 0.25) is 0 Å². The number of hydrogen-bond acceptors (Lipinski definition) is 4. The Labute approximate surface area is 169 Å². The molecule has 1 saturated heterocycles. The first-order valence-electron chi connectivity index (χ1n) is 8.87. The summed E-state index contributed by atoms with van der Waals surface area (Å²) in [5, 5.41) is 0.570. The summed E-state index contributed by atoms with van der Waals surface area (Å²) in [5.74, 6) is -0.268. The van der Waals surface area contributed by atoms with Gasteiger partial charge in [-0.25, -0.2) is 12.8 Å². The van der Waals surface area contributed by atoms with E-state index >= 15 is 0 Å². The third kappa shape index (κ3) is 5.23. The van der Waals surface area contributed by atoms with Crippen molar-refractivity contribution in [1.29, 1.82) is 0 Å². The highest BCUT2D eigenvalue weighted by atomic mass is 35.5. The number of sulfone groups is 1. The molecule has 0 unspecified atom stereocenters. The van der Waals surface area contributed by atoms with Crippen LogP contribution in [-0.4, -0.2) is 43.4 Å². The summed E-state index contributed by atoms with van der Waals surface area (Å²) in [6, 6.07) is 10.6. The van der Waals surface area contributed by atoms with Crippen LogP contribution in [0.15, 0.2) is 42.5 Å². The molecule has 2 aromatic rings. The Hall–Kier alpha value is -2.12. The van der Waals surface area contributed by atoms with Crippen LogP contribution in [-0.2, 0) is 21.2 Å². The van der Waals surface area contributed by atoms with Gasteiger partial charge in [-0.2, -0.15) is 0 Å². The summed E-state index contributed by atoms with van der Waals surface area (Å²) in [5.41, 5.74) is 1.39. The molecule has 1 amide bonds. The van der Waals surface area contributed by atoms with Crippen molar-refractivity contribution in [2.24, 2.45) is 0 Å². The number of carbonyl (C=O) groups is 1. The van der Waals surface area contributed by atoms with Gasteiger partial charge in [0.15, 0.2) is 16.4 Å². The molecule has 0 N–H and O–H groups in total. The van der Waals surface area contributed by atoms with Crippen LogP contribution in [0.25, 0.3) is 0 Å². The molecule has 1 atom stereocenters. The topological polar surface area (TPSA) is 63.7 Å². The fourth-order valence-corrected chi connectivity index (χ4v) is 5.23. The van der Waals surface area contributed by atoms with E-state index in [1.807, 2.05) is 6.92 Å². The minimum Gasteiger partial charge on any atom is -0.483 e. The van der Waals surface area contributed by atoms with Crippen LogP contribution in [0.3, 0.4) is 0 Å². The van der Waals surface area contributed by atoms with Crippen LogP contribution in [0.1, 0.15) is 17.5 Å². The second-order valence-corrected chi connectivity index (χ2v) is 9.57. The van der Waals surface area contributed by atoms with E-state index in [2.05, 4.69) is 0 Å². The lowest BCUT2D eigenvalue weighted by atomic mass is 10.1. The number of ether oxygens (including phenoxy) is 1. The minimum absolute atomic E-state index is 0.0434. The Bertz CT molecular complexity index is 980. The van der Waals surface area contributed by atoms with E-state index in [4.69, 9.17) is 16.3 Å². The first kappa shape index (κ1) is 20.6. The van der Waals surface area contributed by atoms with Crippen LogP contribution in [0, 0.1) is 12.7 Å². The molecule has 2 aromatic carbocycles. The van der Waals surface area contributed by atoms with E-state index < -0.39 is 21.7 Å². The first-order valence-corrected chi connectivity index (χ1v) is 11.1. The second-order valence-electron chi connectivity index (χ2n) is 6.91. The predicted octanol–water partition coefficient (Wildman–Crippen LogP) is 3.38. The van der Waals surface area contributed by atoms with Gasteiger partial charge in [-0.3, -0.25) is 4.79 Å². The van der Waals surface area contributed by atoms with Crippen molar-refractivity contribution in [3.8, 4) is 5.75 Å². The lowest BCUT2D eigenvalue weighted by Gasteiger charge is -2.28. The third-order valence-electron chi connectivity index (χ3n) is 4.70. The lowest BCUT2D eigenvalue weighted by Crippen LogP contribution is -2.43. The van der Waals surface area contributed by atoms with Crippen molar-refractivity contribution in [2.75, 3.05) is 18.1 Å². The molecule has 1 fully saturated rings. The third-order valence-corrected chi connectivity index (χ3v) is 6.69. The van der Waals surface area contributed by atoms with Crippen molar-refractivity contribution in [1.82, 2.24) is 4.90 Å². The van der Waals surface area contributed by atoms with Gasteiger partial charge >= 0.3 is 0 Å². The van der Waals surface area contributed by atoms with Gasteiger partial charge in [0.1, 0.15) is 11.6 Å². The average Bonchev–Trinajstić information content (AvgIpc) is 2.98. The molecule has 1 aliphatic rings. The Morgan fingerprint density at radius 2 is 2.07 bits per heavy atom. The number of hydrogen-bond donors (Lipinski definition) is 0. The van der Waals surface area contributed by atoms with Gasteiger partial charge in [-0.05, 0) is 54.8 Å². The van der Waals surface area contributed by atoms with Gasteiger partial charge in [0.25, 0.3) is 5.91 Å². The summed E-state index contributed by atoms with van der Waals surface area (Å²) in [6.07, 6.45) is 0.364. The minimum atomic E-state index is -3.18.